The molecule has 1 aliphatic heterocycles. The molecule has 0 bridgehead atoms. The van der Waals surface area contributed by atoms with Crippen molar-refractivity contribution < 1.29 is 18.0 Å². The lowest BCUT2D eigenvalue weighted by molar-refractivity contribution is -0.137. The Balaban J connectivity index is 1.45. The summed E-state index contributed by atoms with van der Waals surface area (Å²) < 4.78 is 38.4. The van der Waals surface area contributed by atoms with Gasteiger partial charge in [0.1, 0.15) is 0 Å². The number of hydrogen-bond acceptors (Lipinski definition) is 3. The van der Waals surface area contributed by atoms with Crippen LogP contribution < -0.4 is 0 Å². The minimum absolute atomic E-state index is 0.128. The molecule has 3 aromatic rings. The lowest BCUT2D eigenvalue weighted by atomic mass is 10.0. The number of aliphatic imine (C=N–C) groups is 1. The quantitative estimate of drug-likeness (QED) is 0.655. The van der Waals surface area contributed by atoms with E-state index in [1.165, 1.54) is 6.07 Å². The first-order chi connectivity index (χ1) is 13.4. The summed E-state index contributed by atoms with van der Waals surface area (Å²) in [6, 6.07) is 10.6. The van der Waals surface area contributed by atoms with Crippen LogP contribution in [-0.4, -0.2) is 21.5 Å². The molecule has 7 heteroatoms. The zero-order valence-electron chi connectivity index (χ0n) is 14.8. The molecule has 0 saturated carbocycles. The van der Waals surface area contributed by atoms with Crippen molar-refractivity contribution in [2.45, 2.75) is 25.6 Å². The predicted molar refractivity (Wildman–Crippen MR) is 98.5 cm³/mol. The van der Waals surface area contributed by atoms with Crippen LogP contribution in [0.25, 0.3) is 0 Å². The number of rotatable bonds is 5. The van der Waals surface area contributed by atoms with E-state index in [2.05, 4.69) is 15.0 Å². The van der Waals surface area contributed by atoms with Crippen LogP contribution in [0.1, 0.15) is 44.9 Å². The van der Waals surface area contributed by atoms with E-state index in [4.69, 9.17) is 0 Å². The van der Waals surface area contributed by atoms with Gasteiger partial charge >= 0.3 is 6.18 Å². The van der Waals surface area contributed by atoms with Gasteiger partial charge in [0, 0.05) is 29.9 Å². The van der Waals surface area contributed by atoms with Gasteiger partial charge in [0.15, 0.2) is 5.78 Å². The molecule has 0 amide bonds. The number of aromatic amines is 1. The minimum Gasteiger partial charge on any atom is -0.359 e. The average Bonchev–Trinajstić information content (AvgIpc) is 3.32. The van der Waals surface area contributed by atoms with Gasteiger partial charge in [0.2, 0.25) is 0 Å². The van der Waals surface area contributed by atoms with Gasteiger partial charge < -0.3 is 4.98 Å². The van der Waals surface area contributed by atoms with E-state index in [0.29, 0.717) is 17.7 Å². The van der Waals surface area contributed by atoms with Crippen LogP contribution in [0, 0.1) is 0 Å². The van der Waals surface area contributed by atoms with Gasteiger partial charge in [0.25, 0.3) is 0 Å². The van der Waals surface area contributed by atoms with Crippen LogP contribution >= 0.6 is 0 Å². The molecule has 28 heavy (non-hydrogen) atoms. The van der Waals surface area contributed by atoms with Gasteiger partial charge in [-0.25, -0.2) is 0 Å². The Hall–Kier alpha value is -3.22. The van der Waals surface area contributed by atoms with Crippen molar-refractivity contribution in [2.75, 3.05) is 0 Å². The van der Waals surface area contributed by atoms with Crippen molar-refractivity contribution in [3.63, 3.8) is 0 Å². The average molecular weight is 383 g/mol. The summed E-state index contributed by atoms with van der Waals surface area (Å²) in [5, 5.41) is 0. The number of pyridine rings is 1. The van der Waals surface area contributed by atoms with Crippen molar-refractivity contribution >= 4 is 11.5 Å². The number of nitrogens with zero attached hydrogens (tertiary/aromatic N) is 2. The van der Waals surface area contributed by atoms with E-state index in [1.54, 1.807) is 24.5 Å². The van der Waals surface area contributed by atoms with Crippen LogP contribution in [0.2, 0.25) is 0 Å². The predicted octanol–water partition coefficient (Wildman–Crippen LogP) is 4.60. The summed E-state index contributed by atoms with van der Waals surface area (Å²) in [7, 11) is 0. The fourth-order valence-corrected chi connectivity index (χ4v) is 3.25. The number of alkyl halides is 3. The second-order valence-corrected chi connectivity index (χ2v) is 6.59. The van der Waals surface area contributed by atoms with Crippen LogP contribution in [0.3, 0.4) is 0 Å². The molecule has 0 radical (unpaired) electrons. The number of aromatic nitrogens is 2. The van der Waals surface area contributed by atoms with E-state index in [1.807, 2.05) is 12.1 Å². The van der Waals surface area contributed by atoms with E-state index in [-0.39, 0.29) is 18.6 Å². The fourth-order valence-electron chi connectivity index (χ4n) is 3.25. The van der Waals surface area contributed by atoms with Crippen LogP contribution in [-0.2, 0) is 19.1 Å². The molecular weight excluding hydrogens is 367 g/mol. The number of carbonyl (C=O) groups excluding carboxylic acids is 1. The lowest BCUT2D eigenvalue weighted by Crippen LogP contribution is -2.06. The highest BCUT2D eigenvalue weighted by Gasteiger charge is 2.30. The second-order valence-electron chi connectivity index (χ2n) is 6.59. The van der Waals surface area contributed by atoms with Crippen LogP contribution in [0.5, 0.6) is 0 Å². The van der Waals surface area contributed by atoms with Gasteiger partial charge in [-0.15, -0.1) is 0 Å². The van der Waals surface area contributed by atoms with E-state index < -0.39 is 11.7 Å². The number of aryl methyl sites for hydroxylation is 1. The number of fused-ring (bicyclic) bond motifs is 1. The Morgan fingerprint density at radius 2 is 2.00 bits per heavy atom. The third-order valence-electron chi connectivity index (χ3n) is 4.69. The molecule has 0 saturated heterocycles. The van der Waals surface area contributed by atoms with Gasteiger partial charge in [-0.2, -0.15) is 13.2 Å². The normalized spacial score (nSPS) is 13.3. The summed E-state index contributed by atoms with van der Waals surface area (Å²) in [5.74, 6) is -0.134. The summed E-state index contributed by atoms with van der Waals surface area (Å²) >= 11 is 0. The molecule has 0 fully saturated rings. The first-order valence-corrected chi connectivity index (χ1v) is 8.78. The van der Waals surface area contributed by atoms with Crippen molar-refractivity contribution in [2.24, 2.45) is 4.99 Å². The second kappa shape index (κ2) is 7.07. The molecule has 3 heterocycles. The Kier molecular flexibility index (Phi) is 4.58. The third kappa shape index (κ3) is 3.60. The SMILES string of the molecule is O=C(CCc1cccc(C(F)(F)F)c1)c1c[nH]c(C2=NCc3ncccc32)c1. The monoisotopic (exact) mass is 383 g/mol. The number of halogens is 3. The molecule has 142 valence electrons. The number of Topliss-reactive ketones (excluding diaryl/α,β-unsaturated/α-hetero) is 1. The topological polar surface area (TPSA) is 58.1 Å². The molecule has 1 aliphatic rings. The Bertz CT molecular complexity index is 1070. The highest BCUT2D eigenvalue weighted by Crippen LogP contribution is 2.30. The van der Waals surface area contributed by atoms with Gasteiger partial charge in [0.05, 0.1) is 29.2 Å². The number of H-pyrrole nitrogens is 1. The highest BCUT2D eigenvalue weighted by molar-refractivity contribution is 6.14. The van der Waals surface area contributed by atoms with Crippen molar-refractivity contribution in [1.82, 2.24) is 9.97 Å². The fraction of sp³-hybridized carbons (Fsp3) is 0.190. The standard InChI is InChI=1S/C21H16F3N3O/c22-21(23,24)15-4-1-3-13(9-15)6-7-19(28)14-10-17(26-11-14)20-16-5-2-8-25-18(16)12-27-20/h1-5,8-11,26H,6-7,12H2. The molecule has 0 atom stereocenters. The van der Waals surface area contributed by atoms with E-state index >= 15 is 0 Å². The highest BCUT2D eigenvalue weighted by atomic mass is 19.4. The molecule has 0 unspecified atom stereocenters. The molecular formula is C21H16F3N3O. The third-order valence-corrected chi connectivity index (χ3v) is 4.69. The zero-order valence-corrected chi connectivity index (χ0v) is 14.8. The molecule has 4 nitrogen and oxygen atoms in total. The molecule has 0 aliphatic carbocycles. The Morgan fingerprint density at radius 1 is 1.14 bits per heavy atom. The largest absolute Gasteiger partial charge is 0.416 e. The number of hydrogen-bond donors (Lipinski definition) is 1. The van der Waals surface area contributed by atoms with Crippen molar-refractivity contribution in [3.8, 4) is 0 Å². The Labute approximate surface area is 159 Å². The van der Waals surface area contributed by atoms with Crippen LogP contribution in [0.4, 0.5) is 13.2 Å². The van der Waals surface area contributed by atoms with Crippen LogP contribution in [0.15, 0.2) is 59.9 Å². The smallest absolute Gasteiger partial charge is 0.359 e. The van der Waals surface area contributed by atoms with Gasteiger partial charge in [-0.3, -0.25) is 14.8 Å². The number of nitrogens with one attached hydrogen (secondary N) is 1. The molecule has 1 N–H and O–H groups in total. The number of ketones is 1. The van der Waals surface area contributed by atoms with Crippen molar-refractivity contribution in [3.05, 3.63) is 88.5 Å². The van der Waals surface area contributed by atoms with E-state index in [9.17, 15) is 18.0 Å². The first kappa shape index (κ1) is 18.2. The van der Waals surface area contributed by atoms with E-state index in [0.717, 1.165) is 34.8 Å². The first-order valence-electron chi connectivity index (χ1n) is 8.78. The summed E-state index contributed by atoms with van der Waals surface area (Å²) in [6.45, 7) is 0.503. The van der Waals surface area contributed by atoms with Crippen molar-refractivity contribution in [1.29, 1.82) is 0 Å². The maximum Gasteiger partial charge on any atom is 0.416 e. The van der Waals surface area contributed by atoms with Gasteiger partial charge in [-0.1, -0.05) is 18.2 Å². The molecule has 2 aromatic heterocycles. The molecule has 1 aromatic carbocycles. The van der Waals surface area contributed by atoms with Gasteiger partial charge in [-0.05, 0) is 36.2 Å². The number of benzene rings is 1. The molecule has 4 rings (SSSR count). The molecule has 0 spiro atoms. The summed E-state index contributed by atoms with van der Waals surface area (Å²) in [4.78, 5) is 24.3. The lowest BCUT2D eigenvalue weighted by Gasteiger charge is -2.08. The number of carbonyl (C=O) groups is 1. The minimum atomic E-state index is -4.39. The Morgan fingerprint density at radius 3 is 2.82 bits per heavy atom. The maximum atomic E-state index is 12.8. The zero-order chi connectivity index (χ0) is 19.7. The maximum absolute atomic E-state index is 12.8. The summed E-state index contributed by atoms with van der Waals surface area (Å²) in [6.07, 6.45) is -0.682. The summed E-state index contributed by atoms with van der Waals surface area (Å²) in [5.41, 5.74) is 3.60.